The lowest BCUT2D eigenvalue weighted by atomic mass is 10.0. The minimum Gasteiger partial charge on any atom is -0.359 e. The lowest BCUT2D eigenvalue weighted by Gasteiger charge is -2.13. The van der Waals surface area contributed by atoms with Crippen molar-refractivity contribution in [1.29, 1.82) is 0 Å². The number of ketones is 1. The fraction of sp³-hybridized carbons (Fsp3) is 0.706. The third kappa shape index (κ3) is 7.47. The van der Waals surface area contributed by atoms with Gasteiger partial charge in [0.2, 0.25) is 0 Å². The molecule has 1 rings (SSSR count). The first-order chi connectivity index (χ1) is 9.74. The molecular weight excluding hydrogens is 252 g/mol. The molecule has 3 heteroatoms. The van der Waals surface area contributed by atoms with E-state index in [0.29, 0.717) is 13.2 Å². The Morgan fingerprint density at radius 2 is 2.20 bits per heavy atom. The van der Waals surface area contributed by atoms with Crippen LogP contribution in [0.1, 0.15) is 51.9 Å². The van der Waals surface area contributed by atoms with Crippen molar-refractivity contribution in [1.82, 2.24) is 0 Å². The summed E-state index contributed by atoms with van der Waals surface area (Å²) in [5.74, 6) is 6.34. The predicted octanol–water partition coefficient (Wildman–Crippen LogP) is 3.48. The molecule has 0 amide bonds. The number of carbonyl (C=O) groups excluding carboxylic acids is 1. The predicted molar refractivity (Wildman–Crippen MR) is 80.2 cm³/mol. The Hall–Kier alpha value is -1.11. The van der Waals surface area contributed by atoms with Gasteiger partial charge in [-0.1, -0.05) is 18.1 Å². The normalized spacial score (nSPS) is 27.2. The highest BCUT2D eigenvalue weighted by molar-refractivity contribution is 5.83. The minimum atomic E-state index is -0.117. The molecule has 1 aliphatic carbocycles. The van der Waals surface area contributed by atoms with Crippen molar-refractivity contribution in [3.05, 3.63) is 12.2 Å². The summed E-state index contributed by atoms with van der Waals surface area (Å²) in [6.45, 7) is 2.23. The Bertz CT molecular complexity index is 362. The average Bonchev–Trinajstić information content (AvgIpc) is 2.45. The van der Waals surface area contributed by atoms with Crippen molar-refractivity contribution in [2.24, 2.45) is 5.92 Å². The van der Waals surface area contributed by atoms with Gasteiger partial charge in [-0.2, -0.15) is 0 Å². The van der Waals surface area contributed by atoms with E-state index in [1.807, 2.05) is 6.92 Å². The van der Waals surface area contributed by atoms with E-state index in [-0.39, 0.29) is 17.8 Å². The summed E-state index contributed by atoms with van der Waals surface area (Å²) >= 11 is 0. The van der Waals surface area contributed by atoms with Gasteiger partial charge in [-0.15, -0.1) is 5.92 Å². The second-order valence-electron chi connectivity index (χ2n) is 5.19. The number of hydrogen-bond acceptors (Lipinski definition) is 3. The molecular formula is C17H26O3. The van der Waals surface area contributed by atoms with Crippen LogP contribution in [0.15, 0.2) is 12.2 Å². The Kier molecular flexibility index (Phi) is 9.02. The largest absolute Gasteiger partial charge is 0.359 e. The molecule has 0 heterocycles. The molecule has 0 aromatic heterocycles. The summed E-state index contributed by atoms with van der Waals surface area (Å²) in [6.07, 6.45) is 10.8. The molecule has 0 spiro atoms. The smallest absolute Gasteiger partial charge is 0.147 e. The molecule has 0 saturated heterocycles. The van der Waals surface area contributed by atoms with E-state index in [1.54, 1.807) is 7.11 Å². The maximum absolute atomic E-state index is 11.8. The van der Waals surface area contributed by atoms with E-state index < -0.39 is 0 Å². The summed E-state index contributed by atoms with van der Waals surface area (Å²) in [7, 11) is 1.64. The number of methoxy groups -OCH3 is 1. The first kappa shape index (κ1) is 16.9. The minimum absolute atomic E-state index is 0.110. The number of allylic oxidation sites excluding steroid dienone is 1. The standard InChI is InChI=1S/C17H26O3/c1-15-10-6-5-8-12-16(20-14-19-2)11-7-3-4-9-13-17(15)18/h7,11,15-16H,3-5,8-9,12-14H2,1-2H3/b11-7-. The van der Waals surface area contributed by atoms with Crippen molar-refractivity contribution in [2.75, 3.05) is 13.9 Å². The molecule has 2 atom stereocenters. The molecule has 112 valence electrons. The van der Waals surface area contributed by atoms with Gasteiger partial charge in [0, 0.05) is 20.0 Å². The second-order valence-corrected chi connectivity index (χ2v) is 5.19. The molecule has 0 bridgehead atoms. The van der Waals surface area contributed by atoms with Crippen LogP contribution in [0.2, 0.25) is 0 Å². The molecule has 0 saturated carbocycles. The quantitative estimate of drug-likeness (QED) is 0.450. The highest BCUT2D eigenvalue weighted by Crippen LogP contribution is 2.11. The van der Waals surface area contributed by atoms with E-state index in [1.165, 1.54) is 0 Å². The lowest BCUT2D eigenvalue weighted by Crippen LogP contribution is -2.12. The van der Waals surface area contributed by atoms with Crippen LogP contribution < -0.4 is 0 Å². The zero-order chi connectivity index (χ0) is 14.6. The van der Waals surface area contributed by atoms with E-state index in [4.69, 9.17) is 9.47 Å². The SMILES string of the molecule is COCOC1/C=C\CCCCC(=O)C(C)C#CCCC1. The fourth-order valence-electron chi connectivity index (χ4n) is 2.11. The van der Waals surface area contributed by atoms with Gasteiger partial charge in [-0.25, -0.2) is 0 Å². The molecule has 3 nitrogen and oxygen atoms in total. The Morgan fingerprint density at radius 3 is 3.00 bits per heavy atom. The molecule has 0 fully saturated rings. The number of ether oxygens (including phenoxy) is 2. The molecule has 0 aromatic rings. The van der Waals surface area contributed by atoms with Crippen LogP contribution in [0.4, 0.5) is 0 Å². The second kappa shape index (κ2) is 10.7. The number of carbonyl (C=O) groups is 1. The molecule has 1 aliphatic rings. The number of rotatable bonds is 3. The highest BCUT2D eigenvalue weighted by Gasteiger charge is 2.09. The van der Waals surface area contributed by atoms with Crippen molar-refractivity contribution in [3.8, 4) is 11.8 Å². The lowest BCUT2D eigenvalue weighted by molar-refractivity contribution is -0.120. The summed E-state index contributed by atoms with van der Waals surface area (Å²) < 4.78 is 10.6. The van der Waals surface area contributed by atoms with Crippen molar-refractivity contribution >= 4 is 5.78 Å². The van der Waals surface area contributed by atoms with Gasteiger partial charge in [0.15, 0.2) is 0 Å². The number of Topliss-reactive ketones (excluding diaryl/α,β-unsaturated/α-hetero) is 1. The van der Waals surface area contributed by atoms with Crippen LogP contribution in [-0.4, -0.2) is 25.8 Å². The zero-order valence-electron chi connectivity index (χ0n) is 12.7. The van der Waals surface area contributed by atoms with Gasteiger partial charge in [0.1, 0.15) is 12.6 Å². The monoisotopic (exact) mass is 278 g/mol. The molecule has 0 N–H and O–H groups in total. The Labute approximate surface area is 122 Å². The van der Waals surface area contributed by atoms with Gasteiger partial charge in [0.05, 0.1) is 12.0 Å². The maximum atomic E-state index is 11.8. The van der Waals surface area contributed by atoms with E-state index in [0.717, 1.165) is 38.5 Å². The maximum Gasteiger partial charge on any atom is 0.147 e. The molecule has 0 radical (unpaired) electrons. The van der Waals surface area contributed by atoms with Crippen LogP contribution in [0, 0.1) is 17.8 Å². The van der Waals surface area contributed by atoms with Crippen LogP contribution in [0.3, 0.4) is 0 Å². The van der Waals surface area contributed by atoms with Crippen molar-refractivity contribution < 1.29 is 14.3 Å². The molecule has 2 unspecified atom stereocenters. The molecule has 0 aromatic carbocycles. The fourth-order valence-corrected chi connectivity index (χ4v) is 2.11. The number of hydrogen-bond donors (Lipinski definition) is 0. The first-order valence-corrected chi connectivity index (χ1v) is 7.52. The summed E-state index contributed by atoms with van der Waals surface area (Å²) in [5.41, 5.74) is 0. The van der Waals surface area contributed by atoms with Crippen LogP contribution in [0.25, 0.3) is 0 Å². The van der Waals surface area contributed by atoms with Crippen LogP contribution in [0.5, 0.6) is 0 Å². The Balaban J connectivity index is 2.53. The van der Waals surface area contributed by atoms with Gasteiger partial charge in [-0.3, -0.25) is 4.79 Å². The van der Waals surface area contributed by atoms with Crippen molar-refractivity contribution in [2.45, 2.75) is 58.0 Å². The zero-order valence-corrected chi connectivity index (χ0v) is 12.7. The summed E-state index contributed by atoms with van der Waals surface area (Å²) in [5, 5.41) is 0. The van der Waals surface area contributed by atoms with Gasteiger partial charge in [0.25, 0.3) is 0 Å². The van der Waals surface area contributed by atoms with Gasteiger partial charge < -0.3 is 9.47 Å². The van der Waals surface area contributed by atoms with Crippen molar-refractivity contribution in [3.63, 3.8) is 0 Å². The molecule has 0 aliphatic heterocycles. The molecule has 20 heavy (non-hydrogen) atoms. The van der Waals surface area contributed by atoms with Crippen LogP contribution >= 0.6 is 0 Å². The summed E-state index contributed by atoms with van der Waals surface area (Å²) in [6, 6.07) is 0. The Morgan fingerprint density at radius 1 is 1.35 bits per heavy atom. The third-order valence-electron chi connectivity index (χ3n) is 3.39. The third-order valence-corrected chi connectivity index (χ3v) is 3.39. The average molecular weight is 278 g/mol. The van der Waals surface area contributed by atoms with E-state index in [9.17, 15) is 4.79 Å². The van der Waals surface area contributed by atoms with Gasteiger partial charge >= 0.3 is 0 Å². The highest BCUT2D eigenvalue weighted by atomic mass is 16.7. The summed E-state index contributed by atoms with van der Waals surface area (Å²) in [4.78, 5) is 11.8. The first-order valence-electron chi connectivity index (χ1n) is 7.52. The topological polar surface area (TPSA) is 35.5 Å². The van der Waals surface area contributed by atoms with Crippen LogP contribution in [-0.2, 0) is 14.3 Å². The van der Waals surface area contributed by atoms with E-state index in [2.05, 4.69) is 24.0 Å². The van der Waals surface area contributed by atoms with Gasteiger partial charge in [-0.05, 0) is 39.0 Å². The van der Waals surface area contributed by atoms with E-state index >= 15 is 0 Å².